The first kappa shape index (κ1) is 32.5. The first-order valence-corrected chi connectivity index (χ1v) is 16.1. The fraction of sp³-hybridized carbons (Fsp3) is 0.0909. The van der Waals surface area contributed by atoms with E-state index in [0.717, 1.165) is 12.0 Å². The standard InChI is InChI=1S/C33H28N8O7S/c1-48-27-9-5-4-8-26(27)36-30(43)25-18-19-6-2-3-7-24(19)28(29(25)42)41-40-22-12-10-20(11-13-22)34-31-37-32(39-33(44)38-31)35-21-14-16-23(17-15-21)49(45,46)47/h3-5,7-18,42H,2,6H2,1H3,(H,36,43)(H,45,46,47)(H3,34,35,37,38,39,44). The molecule has 0 radical (unpaired) electrons. The maximum absolute atomic E-state index is 13.3. The van der Waals surface area contributed by atoms with Gasteiger partial charge in [0.1, 0.15) is 11.4 Å². The minimum atomic E-state index is -4.35. The van der Waals surface area contributed by atoms with E-state index < -0.39 is 22.0 Å². The van der Waals surface area contributed by atoms with E-state index in [1.807, 2.05) is 12.2 Å². The van der Waals surface area contributed by atoms with Crippen LogP contribution < -0.4 is 20.7 Å². The number of azo groups is 1. The summed E-state index contributed by atoms with van der Waals surface area (Å²) in [6, 6.07) is 19.9. The lowest BCUT2D eigenvalue weighted by atomic mass is 9.92. The molecule has 0 aliphatic heterocycles. The Hall–Kier alpha value is -6.39. The third kappa shape index (κ3) is 7.61. The van der Waals surface area contributed by atoms with Gasteiger partial charge in [-0.2, -0.15) is 28.5 Å². The fourth-order valence-electron chi connectivity index (χ4n) is 4.94. The molecule has 0 atom stereocenters. The second-order valence-electron chi connectivity index (χ2n) is 10.6. The number of methoxy groups -OCH3 is 1. The number of carbonyl (C=O) groups excluding carboxylic acids is 1. The van der Waals surface area contributed by atoms with Crippen molar-refractivity contribution in [3.63, 3.8) is 0 Å². The molecule has 4 aromatic carbocycles. The normalized spacial score (nSPS) is 12.4. The van der Waals surface area contributed by atoms with Crippen molar-refractivity contribution in [1.82, 2.24) is 15.0 Å². The van der Waals surface area contributed by atoms with Gasteiger partial charge in [-0.3, -0.25) is 9.35 Å². The number of hydrogen-bond acceptors (Lipinski definition) is 13. The fourth-order valence-corrected chi connectivity index (χ4v) is 5.42. The Kier molecular flexibility index (Phi) is 9.14. The van der Waals surface area contributed by atoms with Gasteiger partial charge in [-0.1, -0.05) is 24.3 Å². The van der Waals surface area contributed by atoms with Crippen molar-refractivity contribution in [3.8, 4) is 17.5 Å². The number of ether oxygens (including phenoxy) is 1. The van der Waals surface area contributed by atoms with Crippen LogP contribution in [0.1, 0.15) is 27.9 Å². The van der Waals surface area contributed by atoms with Gasteiger partial charge in [0.15, 0.2) is 5.75 Å². The van der Waals surface area contributed by atoms with Crippen LogP contribution in [0.25, 0.3) is 6.08 Å². The summed E-state index contributed by atoms with van der Waals surface area (Å²) in [5, 5.41) is 38.5. The number of hydrogen-bond donors (Lipinski definition) is 6. The molecule has 0 unspecified atom stereocenters. The Balaban J connectivity index is 1.19. The van der Waals surface area contributed by atoms with Gasteiger partial charge >= 0.3 is 6.01 Å². The number of amides is 1. The Morgan fingerprint density at radius 1 is 0.878 bits per heavy atom. The Morgan fingerprint density at radius 2 is 1.53 bits per heavy atom. The molecule has 0 saturated carbocycles. The summed E-state index contributed by atoms with van der Waals surface area (Å²) >= 11 is 0. The van der Waals surface area contributed by atoms with Crippen LogP contribution in [0.5, 0.6) is 17.5 Å². The number of phenolic OH excluding ortho intramolecular Hbond substituents is 1. The smallest absolute Gasteiger partial charge is 0.320 e. The van der Waals surface area contributed by atoms with E-state index in [4.69, 9.17) is 9.29 Å². The van der Waals surface area contributed by atoms with Crippen LogP contribution in [0.3, 0.4) is 0 Å². The highest BCUT2D eigenvalue weighted by Gasteiger charge is 2.23. The number of rotatable bonds is 10. The molecule has 1 amide bonds. The third-order valence-electron chi connectivity index (χ3n) is 7.28. The number of phenols is 1. The molecule has 0 bridgehead atoms. The van der Waals surface area contributed by atoms with Gasteiger partial charge in [-0.05, 0) is 85.1 Å². The van der Waals surface area contributed by atoms with Crippen LogP contribution in [-0.4, -0.2) is 51.2 Å². The van der Waals surface area contributed by atoms with Gasteiger partial charge in [-0.25, -0.2) is 0 Å². The van der Waals surface area contributed by atoms with Crippen molar-refractivity contribution in [2.45, 2.75) is 17.7 Å². The summed E-state index contributed by atoms with van der Waals surface area (Å²) in [6.45, 7) is 0. The maximum atomic E-state index is 13.3. The van der Waals surface area contributed by atoms with Gasteiger partial charge in [0, 0.05) is 16.9 Å². The number of aryl methyl sites for hydroxylation is 1. The zero-order chi connectivity index (χ0) is 34.5. The van der Waals surface area contributed by atoms with E-state index >= 15 is 0 Å². The largest absolute Gasteiger partial charge is 0.505 e. The summed E-state index contributed by atoms with van der Waals surface area (Å²) in [7, 11) is -2.85. The van der Waals surface area contributed by atoms with Crippen LogP contribution in [0.4, 0.5) is 40.3 Å². The van der Waals surface area contributed by atoms with E-state index in [2.05, 4.69) is 41.1 Å². The predicted molar refractivity (Wildman–Crippen MR) is 181 cm³/mol. The highest BCUT2D eigenvalue weighted by atomic mass is 32.2. The van der Waals surface area contributed by atoms with Gasteiger partial charge in [0.05, 0.1) is 28.9 Å². The molecule has 1 aromatic heterocycles. The number of anilines is 5. The molecular weight excluding hydrogens is 652 g/mol. The monoisotopic (exact) mass is 680 g/mol. The summed E-state index contributed by atoms with van der Waals surface area (Å²) in [5.41, 5.74) is 3.56. The highest BCUT2D eigenvalue weighted by Crippen LogP contribution is 2.41. The average molecular weight is 681 g/mol. The van der Waals surface area contributed by atoms with Crippen molar-refractivity contribution in [1.29, 1.82) is 0 Å². The minimum Gasteiger partial charge on any atom is -0.505 e. The van der Waals surface area contributed by atoms with Crippen molar-refractivity contribution >= 4 is 62.4 Å². The van der Waals surface area contributed by atoms with E-state index in [-0.39, 0.29) is 33.8 Å². The molecule has 0 saturated heterocycles. The molecule has 0 fully saturated rings. The molecular formula is C33H28N8O7S. The average Bonchev–Trinajstić information content (AvgIpc) is 3.08. The van der Waals surface area contributed by atoms with Crippen LogP contribution in [-0.2, 0) is 16.5 Å². The zero-order valence-corrected chi connectivity index (χ0v) is 26.5. The number of aromatic hydroxyl groups is 2. The Labute approximate surface area is 279 Å². The predicted octanol–water partition coefficient (Wildman–Crippen LogP) is 6.65. The van der Waals surface area contributed by atoms with Crippen LogP contribution in [0.2, 0.25) is 0 Å². The van der Waals surface area contributed by atoms with Crippen molar-refractivity contribution in [3.05, 3.63) is 102 Å². The molecule has 5 aromatic rings. The molecule has 15 nitrogen and oxygen atoms in total. The Bertz CT molecular complexity index is 2210. The number of aromatic nitrogens is 3. The van der Waals surface area contributed by atoms with Crippen molar-refractivity contribution in [2.24, 2.45) is 10.2 Å². The molecule has 1 aliphatic rings. The van der Waals surface area contributed by atoms with Crippen LogP contribution in [0, 0.1) is 0 Å². The van der Waals surface area contributed by atoms with Crippen molar-refractivity contribution in [2.75, 3.05) is 23.1 Å². The third-order valence-corrected chi connectivity index (χ3v) is 8.15. The first-order valence-electron chi connectivity index (χ1n) is 14.7. The van der Waals surface area contributed by atoms with Gasteiger partial charge in [0.25, 0.3) is 16.0 Å². The quantitative estimate of drug-likeness (QED) is 0.0674. The number of carbonyl (C=O) groups is 1. The lowest BCUT2D eigenvalue weighted by molar-refractivity contribution is 0.102. The van der Waals surface area contributed by atoms with Gasteiger partial charge < -0.3 is 30.9 Å². The van der Waals surface area contributed by atoms with E-state index in [1.165, 1.54) is 31.4 Å². The van der Waals surface area contributed by atoms with E-state index in [9.17, 15) is 23.4 Å². The molecule has 1 heterocycles. The highest BCUT2D eigenvalue weighted by molar-refractivity contribution is 7.85. The number of fused-ring (bicyclic) bond motifs is 1. The summed E-state index contributed by atoms with van der Waals surface area (Å²) in [4.78, 5) is 24.9. The lowest BCUT2D eigenvalue weighted by Crippen LogP contribution is -2.14. The lowest BCUT2D eigenvalue weighted by Gasteiger charge is -2.17. The number of nitrogens with one attached hydrogen (secondary N) is 3. The molecule has 0 spiro atoms. The molecule has 248 valence electrons. The number of allylic oxidation sites excluding steroid dienone is 1. The second kappa shape index (κ2) is 13.8. The molecule has 6 N–H and O–H groups in total. The second-order valence-corrected chi connectivity index (χ2v) is 12.0. The van der Waals surface area contributed by atoms with Gasteiger partial charge in [-0.15, -0.1) is 5.11 Å². The summed E-state index contributed by atoms with van der Waals surface area (Å²) in [6.07, 6.45) is 5.25. The summed E-state index contributed by atoms with van der Waals surface area (Å²) in [5.74, 6) is -0.386. The maximum Gasteiger partial charge on any atom is 0.320 e. The molecule has 16 heteroatoms. The van der Waals surface area contributed by atoms with Crippen LogP contribution >= 0.6 is 0 Å². The van der Waals surface area contributed by atoms with E-state index in [0.29, 0.717) is 40.5 Å². The number of benzene rings is 4. The summed E-state index contributed by atoms with van der Waals surface area (Å²) < 4.78 is 37.0. The molecule has 1 aliphatic carbocycles. The first-order chi connectivity index (χ1) is 23.6. The Morgan fingerprint density at radius 3 is 2.18 bits per heavy atom. The van der Waals surface area contributed by atoms with Crippen LogP contribution in [0.15, 0.2) is 100 Å². The molecule has 6 rings (SSSR count). The SMILES string of the molecule is COc1ccccc1NC(=O)c1cc2c(c(N=Nc3ccc(Nc4nc(O)nc(Nc5ccc(S(=O)(=O)O)cc5)n4)cc3)c1O)C=CCC2. The molecule has 49 heavy (non-hydrogen) atoms. The van der Waals surface area contributed by atoms with Gasteiger partial charge in [0.2, 0.25) is 11.9 Å². The van der Waals surface area contributed by atoms with Crippen molar-refractivity contribution < 1.29 is 32.7 Å². The number of para-hydroxylation sites is 2. The minimum absolute atomic E-state index is 0.00508. The number of nitrogens with zero attached hydrogens (tertiary/aromatic N) is 5. The zero-order valence-electron chi connectivity index (χ0n) is 25.7. The van der Waals surface area contributed by atoms with E-state index in [1.54, 1.807) is 54.6 Å². The topological polar surface area (TPSA) is 221 Å².